The molecule has 15 heavy (non-hydrogen) atoms. The van der Waals surface area contributed by atoms with E-state index in [0.717, 1.165) is 31.1 Å². The summed E-state index contributed by atoms with van der Waals surface area (Å²) >= 11 is 0. The number of nitrogens with one attached hydrogen (secondary N) is 1. The maximum atomic E-state index is 12.2. The summed E-state index contributed by atoms with van der Waals surface area (Å²) in [4.78, 5) is 14.3. The molecule has 2 unspecified atom stereocenters. The predicted octanol–water partition coefficient (Wildman–Crippen LogP) is 0.917. The van der Waals surface area contributed by atoms with Crippen LogP contribution in [0.1, 0.15) is 26.2 Å². The Morgan fingerprint density at radius 3 is 2.67 bits per heavy atom. The van der Waals surface area contributed by atoms with Gasteiger partial charge in [-0.1, -0.05) is 0 Å². The van der Waals surface area contributed by atoms with Gasteiger partial charge in [0.1, 0.15) is 0 Å². The summed E-state index contributed by atoms with van der Waals surface area (Å²) in [6.07, 6.45) is 3.83. The van der Waals surface area contributed by atoms with Gasteiger partial charge in [-0.3, -0.25) is 4.79 Å². The third-order valence-electron chi connectivity index (χ3n) is 4.20. The van der Waals surface area contributed by atoms with E-state index in [1.165, 1.54) is 24.8 Å². The van der Waals surface area contributed by atoms with Gasteiger partial charge in [0, 0.05) is 31.2 Å². The topological polar surface area (TPSA) is 32.3 Å². The molecule has 1 amide bonds. The number of piperidine rings is 1. The second kappa shape index (κ2) is 3.34. The van der Waals surface area contributed by atoms with Crippen LogP contribution >= 0.6 is 0 Å². The van der Waals surface area contributed by atoms with E-state index in [0.29, 0.717) is 11.9 Å². The Morgan fingerprint density at radius 2 is 2.20 bits per heavy atom. The van der Waals surface area contributed by atoms with Crippen LogP contribution in [0.3, 0.4) is 0 Å². The van der Waals surface area contributed by atoms with E-state index in [-0.39, 0.29) is 0 Å². The average Bonchev–Trinajstić information content (AvgIpc) is 2.74. The molecule has 0 aromatic heterocycles. The van der Waals surface area contributed by atoms with Crippen LogP contribution in [0.5, 0.6) is 0 Å². The fraction of sp³-hybridized carbons (Fsp3) is 0.750. The number of carbonyl (C=O) groups is 1. The summed E-state index contributed by atoms with van der Waals surface area (Å²) in [5, 5.41) is 3.19. The number of hydrogen-bond acceptors (Lipinski definition) is 2. The summed E-state index contributed by atoms with van der Waals surface area (Å²) in [6.45, 7) is 4.84. The van der Waals surface area contributed by atoms with Crippen molar-refractivity contribution in [3.8, 4) is 0 Å². The number of amides is 1. The molecular formula is C12H18N2O. The van der Waals surface area contributed by atoms with Crippen molar-refractivity contribution in [2.75, 3.05) is 19.6 Å². The summed E-state index contributed by atoms with van der Waals surface area (Å²) in [5.74, 6) is 1.11. The molecule has 2 atom stereocenters. The molecule has 2 saturated heterocycles. The monoisotopic (exact) mass is 206 g/mol. The zero-order chi connectivity index (χ0) is 10.4. The zero-order valence-corrected chi connectivity index (χ0v) is 9.25. The summed E-state index contributed by atoms with van der Waals surface area (Å²) in [5.41, 5.74) is 2.31. The molecule has 1 aliphatic carbocycles. The van der Waals surface area contributed by atoms with Gasteiger partial charge in [-0.15, -0.1) is 0 Å². The normalized spacial score (nSPS) is 33.1. The van der Waals surface area contributed by atoms with E-state index in [9.17, 15) is 4.79 Å². The Kier molecular flexibility index (Phi) is 2.09. The van der Waals surface area contributed by atoms with Crippen LogP contribution in [-0.2, 0) is 4.79 Å². The van der Waals surface area contributed by atoms with Crippen molar-refractivity contribution in [3.63, 3.8) is 0 Å². The van der Waals surface area contributed by atoms with Gasteiger partial charge < -0.3 is 10.2 Å². The highest BCUT2D eigenvalue weighted by atomic mass is 16.2. The number of likely N-dealkylation sites (tertiary alicyclic amines) is 1. The Balaban J connectivity index is 1.75. The standard InChI is InChI=1S/C12H18N2O/c1-8(10-5-13-6-10)12(15)14-7-9-2-3-11(14)4-9/h9,11,13H,2-7H2,1H3. The molecule has 3 nitrogen and oxygen atoms in total. The molecule has 1 saturated carbocycles. The Hall–Kier alpha value is -0.830. The van der Waals surface area contributed by atoms with E-state index < -0.39 is 0 Å². The Morgan fingerprint density at radius 1 is 1.40 bits per heavy atom. The average molecular weight is 206 g/mol. The van der Waals surface area contributed by atoms with Crippen LogP contribution in [-0.4, -0.2) is 36.5 Å². The van der Waals surface area contributed by atoms with Gasteiger partial charge in [0.05, 0.1) is 0 Å². The smallest absolute Gasteiger partial charge is 0.249 e. The highest BCUT2D eigenvalue weighted by Gasteiger charge is 2.40. The minimum absolute atomic E-state index is 0.304. The van der Waals surface area contributed by atoms with Crippen LogP contribution in [0.15, 0.2) is 11.1 Å². The highest BCUT2D eigenvalue weighted by molar-refractivity contribution is 5.94. The number of carbonyl (C=O) groups excluding carboxylic acids is 1. The SMILES string of the molecule is CC(C(=O)N1CC2CCC1C2)=C1CNC1. The quantitative estimate of drug-likeness (QED) is 0.647. The van der Waals surface area contributed by atoms with Crippen LogP contribution in [0.4, 0.5) is 0 Å². The van der Waals surface area contributed by atoms with Crippen molar-refractivity contribution < 1.29 is 4.79 Å². The molecule has 1 N–H and O–H groups in total. The highest BCUT2D eigenvalue weighted by Crippen LogP contribution is 2.38. The van der Waals surface area contributed by atoms with Gasteiger partial charge in [-0.2, -0.15) is 0 Å². The van der Waals surface area contributed by atoms with Crippen molar-refractivity contribution in [1.82, 2.24) is 10.2 Å². The Bertz CT molecular complexity index is 329. The lowest BCUT2D eigenvalue weighted by atomic mass is 10.0. The second-order valence-electron chi connectivity index (χ2n) is 5.12. The number of rotatable bonds is 1. The van der Waals surface area contributed by atoms with Crippen molar-refractivity contribution in [2.24, 2.45) is 5.92 Å². The largest absolute Gasteiger partial charge is 0.336 e. The molecule has 0 spiro atoms. The zero-order valence-electron chi connectivity index (χ0n) is 9.25. The van der Waals surface area contributed by atoms with Gasteiger partial charge >= 0.3 is 0 Å². The Labute approximate surface area is 90.5 Å². The van der Waals surface area contributed by atoms with Crippen molar-refractivity contribution >= 4 is 5.91 Å². The lowest BCUT2D eigenvalue weighted by molar-refractivity contribution is -0.128. The molecule has 2 aliphatic heterocycles. The van der Waals surface area contributed by atoms with Crippen LogP contribution in [0.2, 0.25) is 0 Å². The summed E-state index contributed by atoms with van der Waals surface area (Å²) < 4.78 is 0. The van der Waals surface area contributed by atoms with Gasteiger partial charge in [-0.05, 0) is 37.7 Å². The van der Waals surface area contributed by atoms with Crippen LogP contribution < -0.4 is 5.32 Å². The molecule has 2 bridgehead atoms. The molecule has 3 fully saturated rings. The molecule has 82 valence electrons. The first-order valence-corrected chi connectivity index (χ1v) is 5.96. The fourth-order valence-corrected chi connectivity index (χ4v) is 3.06. The molecular weight excluding hydrogens is 188 g/mol. The minimum Gasteiger partial charge on any atom is -0.336 e. The van der Waals surface area contributed by atoms with Crippen LogP contribution in [0, 0.1) is 5.92 Å². The number of nitrogens with zero attached hydrogens (tertiary/aromatic N) is 1. The molecule has 3 rings (SSSR count). The molecule has 3 aliphatic rings. The van der Waals surface area contributed by atoms with E-state index >= 15 is 0 Å². The third kappa shape index (κ3) is 1.41. The predicted molar refractivity (Wildman–Crippen MR) is 58.4 cm³/mol. The lowest BCUT2D eigenvalue weighted by Gasteiger charge is -2.30. The van der Waals surface area contributed by atoms with E-state index in [2.05, 4.69) is 10.2 Å². The van der Waals surface area contributed by atoms with Gasteiger partial charge in [0.25, 0.3) is 0 Å². The molecule has 0 aromatic rings. The lowest BCUT2D eigenvalue weighted by Crippen LogP contribution is -2.41. The van der Waals surface area contributed by atoms with Crippen molar-refractivity contribution in [2.45, 2.75) is 32.2 Å². The van der Waals surface area contributed by atoms with Crippen LogP contribution in [0.25, 0.3) is 0 Å². The maximum absolute atomic E-state index is 12.2. The third-order valence-corrected chi connectivity index (χ3v) is 4.20. The van der Waals surface area contributed by atoms with Gasteiger partial charge in [0.15, 0.2) is 0 Å². The van der Waals surface area contributed by atoms with Gasteiger partial charge in [0.2, 0.25) is 5.91 Å². The number of fused-ring (bicyclic) bond motifs is 2. The van der Waals surface area contributed by atoms with Crippen molar-refractivity contribution in [3.05, 3.63) is 11.1 Å². The molecule has 3 heteroatoms. The van der Waals surface area contributed by atoms with E-state index in [4.69, 9.17) is 0 Å². The van der Waals surface area contributed by atoms with E-state index in [1.807, 2.05) is 6.92 Å². The molecule has 0 aromatic carbocycles. The first-order chi connectivity index (χ1) is 7.25. The second-order valence-corrected chi connectivity index (χ2v) is 5.12. The van der Waals surface area contributed by atoms with Crippen molar-refractivity contribution in [1.29, 1.82) is 0 Å². The maximum Gasteiger partial charge on any atom is 0.249 e. The first kappa shape index (κ1) is 9.40. The number of hydrogen-bond donors (Lipinski definition) is 1. The van der Waals surface area contributed by atoms with E-state index in [1.54, 1.807) is 0 Å². The molecule has 0 radical (unpaired) electrons. The molecule has 2 heterocycles. The summed E-state index contributed by atoms with van der Waals surface area (Å²) in [7, 11) is 0. The van der Waals surface area contributed by atoms with Gasteiger partial charge in [-0.25, -0.2) is 0 Å². The minimum atomic E-state index is 0.304. The fourth-order valence-electron chi connectivity index (χ4n) is 3.06. The first-order valence-electron chi connectivity index (χ1n) is 5.96. The summed E-state index contributed by atoms with van der Waals surface area (Å²) in [6, 6.07) is 0.561.